The number of hydrogen-bond acceptors (Lipinski definition) is 5. The first-order valence-corrected chi connectivity index (χ1v) is 8.38. The molecule has 1 heterocycles. The van der Waals surface area contributed by atoms with Crippen LogP contribution in [0.1, 0.15) is 18.4 Å². The number of carbonyl (C=O) groups is 1. The summed E-state index contributed by atoms with van der Waals surface area (Å²) >= 11 is 0. The van der Waals surface area contributed by atoms with Gasteiger partial charge in [-0.25, -0.2) is 0 Å². The van der Waals surface area contributed by atoms with Gasteiger partial charge in [-0.15, -0.1) is 12.4 Å². The smallest absolute Gasteiger partial charge is 0.254 e. The summed E-state index contributed by atoms with van der Waals surface area (Å²) in [6.07, 6.45) is 0.568. The Bertz CT molecular complexity index is 509. The van der Waals surface area contributed by atoms with Gasteiger partial charge in [0.05, 0.1) is 19.3 Å². The number of methoxy groups -OCH3 is 1. The molecule has 1 atom stereocenters. The third-order valence-electron chi connectivity index (χ3n) is 4.44. The van der Waals surface area contributed by atoms with Crippen molar-refractivity contribution in [2.45, 2.75) is 31.2 Å². The van der Waals surface area contributed by atoms with Crippen molar-refractivity contribution >= 4 is 18.3 Å². The van der Waals surface area contributed by atoms with E-state index in [2.05, 4.69) is 5.32 Å². The molecule has 7 heteroatoms. The summed E-state index contributed by atoms with van der Waals surface area (Å²) in [4.78, 5) is 14.3. The Morgan fingerprint density at radius 2 is 1.96 bits per heavy atom. The molecule has 1 saturated heterocycles. The molecule has 0 bridgehead atoms. The van der Waals surface area contributed by atoms with E-state index in [4.69, 9.17) is 9.47 Å². The second kappa shape index (κ2) is 10.7. The molecule has 1 aromatic carbocycles. The number of rotatable bonds is 8. The second-order valence-electron chi connectivity index (χ2n) is 6.29. The number of nitrogens with zero attached hydrogens (tertiary/aromatic N) is 1. The summed E-state index contributed by atoms with van der Waals surface area (Å²) < 4.78 is 11.1. The second-order valence-corrected chi connectivity index (χ2v) is 6.29. The molecule has 2 N–H and O–H groups in total. The molecule has 1 aliphatic rings. The number of nitrogens with one attached hydrogen (secondary N) is 1. The number of halogens is 1. The summed E-state index contributed by atoms with van der Waals surface area (Å²) in [6, 6.07) is 9.80. The number of hydrogen-bond donors (Lipinski definition) is 2. The van der Waals surface area contributed by atoms with Crippen LogP contribution in [0.15, 0.2) is 30.3 Å². The van der Waals surface area contributed by atoms with Crippen LogP contribution in [0.5, 0.6) is 0 Å². The highest BCUT2D eigenvalue weighted by molar-refractivity contribution is 5.85. The number of aliphatic hydroxyl groups is 1. The van der Waals surface area contributed by atoms with Crippen LogP contribution in [0.3, 0.4) is 0 Å². The largest absolute Gasteiger partial charge is 0.389 e. The van der Waals surface area contributed by atoms with Crippen molar-refractivity contribution < 1.29 is 19.4 Å². The fraction of sp³-hybridized carbons (Fsp3) is 0.611. The number of ether oxygens (including phenoxy) is 2. The lowest BCUT2D eigenvalue weighted by molar-refractivity contribution is -0.158. The molecule has 0 radical (unpaired) electrons. The van der Waals surface area contributed by atoms with Crippen LogP contribution < -0.4 is 5.32 Å². The molecule has 1 fully saturated rings. The van der Waals surface area contributed by atoms with Crippen LogP contribution in [0.2, 0.25) is 0 Å². The first-order chi connectivity index (χ1) is 11.6. The van der Waals surface area contributed by atoms with Gasteiger partial charge in [-0.2, -0.15) is 0 Å². The van der Waals surface area contributed by atoms with Crippen molar-refractivity contribution in [2.24, 2.45) is 0 Å². The van der Waals surface area contributed by atoms with E-state index in [1.807, 2.05) is 30.3 Å². The van der Waals surface area contributed by atoms with E-state index in [1.54, 1.807) is 19.1 Å². The topological polar surface area (TPSA) is 71.0 Å². The normalized spacial score (nSPS) is 17.4. The third-order valence-corrected chi connectivity index (χ3v) is 4.44. The zero-order valence-electron chi connectivity index (χ0n) is 14.9. The zero-order chi connectivity index (χ0) is 17.4. The number of aliphatic hydroxyl groups excluding tert-OH is 1. The molecule has 0 aromatic heterocycles. The summed E-state index contributed by atoms with van der Waals surface area (Å²) in [5.74, 6) is -0.0754. The molecule has 1 aliphatic heterocycles. The van der Waals surface area contributed by atoms with E-state index < -0.39 is 11.7 Å². The fourth-order valence-corrected chi connectivity index (χ4v) is 3.02. The maximum absolute atomic E-state index is 12.7. The van der Waals surface area contributed by atoms with Gasteiger partial charge in [0.1, 0.15) is 5.60 Å². The van der Waals surface area contributed by atoms with Crippen molar-refractivity contribution in [3.63, 3.8) is 0 Å². The highest BCUT2D eigenvalue weighted by atomic mass is 35.5. The van der Waals surface area contributed by atoms with Gasteiger partial charge in [0.15, 0.2) is 0 Å². The molecular formula is C18H29ClN2O4. The van der Waals surface area contributed by atoms with E-state index in [0.717, 1.165) is 18.7 Å². The number of likely N-dealkylation sites (N-methyl/N-ethyl adjacent to an activating group) is 1. The highest BCUT2D eigenvalue weighted by Crippen LogP contribution is 2.24. The summed E-state index contributed by atoms with van der Waals surface area (Å²) in [6.45, 7) is 2.38. The summed E-state index contributed by atoms with van der Waals surface area (Å²) in [7, 11) is 3.28. The Morgan fingerprint density at radius 3 is 2.56 bits per heavy atom. The lowest BCUT2D eigenvalue weighted by Gasteiger charge is -2.38. The molecule has 2 rings (SSSR count). The average molecular weight is 373 g/mol. The van der Waals surface area contributed by atoms with Gasteiger partial charge >= 0.3 is 0 Å². The van der Waals surface area contributed by atoms with Crippen LogP contribution in [-0.2, 0) is 20.9 Å². The van der Waals surface area contributed by atoms with Crippen molar-refractivity contribution in [2.75, 3.05) is 40.4 Å². The standard InChI is InChI=1S/C18H28N2O4.ClH/c1-20(17(22)18(23-2)8-10-19-11-9-18)12-16(21)14-24-13-15-6-4-3-5-7-15;/h3-7,16,19,21H,8-14H2,1-2H3;1H. The van der Waals surface area contributed by atoms with Crippen LogP contribution in [0.4, 0.5) is 0 Å². The van der Waals surface area contributed by atoms with Crippen molar-refractivity contribution in [3.05, 3.63) is 35.9 Å². The summed E-state index contributed by atoms with van der Waals surface area (Å²) in [5, 5.41) is 13.4. The highest BCUT2D eigenvalue weighted by Gasteiger charge is 2.41. The number of carbonyl (C=O) groups excluding carboxylic acids is 1. The SMILES string of the molecule is COC1(C(=O)N(C)CC(O)COCc2ccccc2)CCNCC1.Cl. The third kappa shape index (κ3) is 6.24. The molecule has 0 aliphatic carbocycles. The summed E-state index contributed by atoms with van der Waals surface area (Å²) in [5.41, 5.74) is 0.284. The fourth-order valence-electron chi connectivity index (χ4n) is 3.02. The van der Waals surface area contributed by atoms with Crippen molar-refractivity contribution in [1.29, 1.82) is 0 Å². The van der Waals surface area contributed by atoms with Crippen molar-refractivity contribution in [1.82, 2.24) is 10.2 Å². The van der Waals surface area contributed by atoms with E-state index in [0.29, 0.717) is 19.4 Å². The zero-order valence-corrected chi connectivity index (χ0v) is 15.8. The molecule has 25 heavy (non-hydrogen) atoms. The number of amides is 1. The first-order valence-electron chi connectivity index (χ1n) is 8.38. The molecule has 0 spiro atoms. The minimum Gasteiger partial charge on any atom is -0.389 e. The Morgan fingerprint density at radius 1 is 1.32 bits per heavy atom. The maximum Gasteiger partial charge on any atom is 0.254 e. The number of benzene rings is 1. The van der Waals surface area contributed by atoms with Gasteiger partial charge < -0.3 is 24.8 Å². The molecule has 6 nitrogen and oxygen atoms in total. The molecule has 142 valence electrons. The Labute approximate surface area is 155 Å². The Kier molecular flexibility index (Phi) is 9.38. The van der Waals surface area contributed by atoms with E-state index in [1.165, 1.54) is 0 Å². The predicted octanol–water partition coefficient (Wildman–Crippen LogP) is 1.21. The molecular weight excluding hydrogens is 344 g/mol. The minimum atomic E-state index is -0.773. The monoisotopic (exact) mass is 372 g/mol. The van der Waals surface area contributed by atoms with Crippen molar-refractivity contribution in [3.8, 4) is 0 Å². The van der Waals surface area contributed by atoms with Gasteiger partial charge in [-0.3, -0.25) is 4.79 Å². The molecule has 0 saturated carbocycles. The average Bonchev–Trinajstić information content (AvgIpc) is 2.62. The molecule has 1 aromatic rings. The van der Waals surface area contributed by atoms with Gasteiger partial charge in [0, 0.05) is 20.7 Å². The lowest BCUT2D eigenvalue weighted by atomic mass is 9.90. The van der Waals surface area contributed by atoms with E-state index >= 15 is 0 Å². The minimum absolute atomic E-state index is 0. The number of piperidine rings is 1. The molecule has 1 amide bonds. The lowest BCUT2D eigenvalue weighted by Crippen LogP contribution is -2.55. The van der Waals surface area contributed by atoms with Gasteiger partial charge in [0.25, 0.3) is 5.91 Å². The van der Waals surface area contributed by atoms with Crippen LogP contribution in [-0.4, -0.2) is 68.0 Å². The predicted molar refractivity (Wildman–Crippen MR) is 98.8 cm³/mol. The van der Waals surface area contributed by atoms with Crippen LogP contribution >= 0.6 is 12.4 Å². The van der Waals surface area contributed by atoms with E-state index in [9.17, 15) is 9.90 Å². The van der Waals surface area contributed by atoms with E-state index in [-0.39, 0.29) is 31.5 Å². The maximum atomic E-state index is 12.7. The first kappa shape index (κ1) is 21.9. The Balaban J connectivity index is 0.00000312. The quantitative estimate of drug-likeness (QED) is 0.717. The van der Waals surface area contributed by atoms with Gasteiger partial charge in [0.2, 0.25) is 0 Å². The molecule has 1 unspecified atom stereocenters. The Hall–Kier alpha value is -1.18. The van der Waals surface area contributed by atoms with Gasteiger partial charge in [-0.05, 0) is 31.5 Å². The van der Waals surface area contributed by atoms with Crippen LogP contribution in [0, 0.1) is 0 Å². The van der Waals surface area contributed by atoms with Gasteiger partial charge in [-0.1, -0.05) is 30.3 Å². The van der Waals surface area contributed by atoms with Crippen LogP contribution in [0.25, 0.3) is 0 Å².